The first-order chi connectivity index (χ1) is 7.24. The summed E-state index contributed by atoms with van der Waals surface area (Å²) in [6, 6.07) is 7.89. The van der Waals surface area contributed by atoms with E-state index in [0.29, 0.717) is 0 Å². The number of aryl methyl sites for hydroxylation is 1. The minimum absolute atomic E-state index is 0.949. The predicted molar refractivity (Wildman–Crippen MR) is 60.8 cm³/mol. The molecular weight excluding hydrogens is 190 g/mol. The molecule has 0 saturated heterocycles. The van der Waals surface area contributed by atoms with Crippen LogP contribution in [-0.4, -0.2) is 11.1 Å². The summed E-state index contributed by atoms with van der Waals surface area (Å²) in [7, 11) is 0. The lowest BCUT2D eigenvalue weighted by molar-refractivity contribution is -0.131. The fraction of sp³-hybridized carbons (Fsp3) is 0.250. The number of benzene rings is 1. The fourth-order valence-electron chi connectivity index (χ4n) is 1.35. The van der Waals surface area contributed by atoms with Gasteiger partial charge in [0.05, 0.1) is 0 Å². The van der Waals surface area contributed by atoms with Crippen LogP contribution in [0.2, 0.25) is 0 Å². The number of carboxylic acid groups (broad SMARTS) is 1. The SMILES string of the molecule is CCCc1ccccc1N/C=C/C(=O)O. The highest BCUT2D eigenvalue weighted by Gasteiger charge is 1.97. The van der Waals surface area contributed by atoms with Crippen LogP contribution in [0.25, 0.3) is 0 Å². The Balaban J connectivity index is 2.70. The summed E-state index contributed by atoms with van der Waals surface area (Å²) in [5, 5.41) is 11.4. The van der Waals surface area contributed by atoms with Gasteiger partial charge in [0.15, 0.2) is 0 Å². The Morgan fingerprint density at radius 2 is 2.20 bits per heavy atom. The third kappa shape index (κ3) is 3.85. The van der Waals surface area contributed by atoms with Crippen molar-refractivity contribution in [2.24, 2.45) is 0 Å². The van der Waals surface area contributed by atoms with Crippen molar-refractivity contribution in [3.8, 4) is 0 Å². The number of rotatable bonds is 5. The standard InChI is InChI=1S/C12H15NO2/c1-2-5-10-6-3-4-7-11(10)13-9-8-12(14)15/h3-4,6-9,13H,2,5H2,1H3,(H,14,15)/b9-8+. The zero-order valence-electron chi connectivity index (χ0n) is 8.73. The first kappa shape index (κ1) is 11.3. The third-order valence-corrected chi connectivity index (χ3v) is 2.00. The highest BCUT2D eigenvalue weighted by Crippen LogP contribution is 2.16. The molecule has 1 rings (SSSR count). The molecule has 0 aromatic heterocycles. The summed E-state index contributed by atoms with van der Waals surface area (Å²) in [5.41, 5.74) is 2.17. The minimum Gasteiger partial charge on any atom is -0.478 e. The molecule has 0 spiro atoms. The Morgan fingerprint density at radius 1 is 1.47 bits per heavy atom. The van der Waals surface area contributed by atoms with E-state index < -0.39 is 5.97 Å². The zero-order chi connectivity index (χ0) is 11.1. The summed E-state index contributed by atoms with van der Waals surface area (Å²) in [5.74, 6) is -0.949. The van der Waals surface area contributed by atoms with Crippen molar-refractivity contribution in [1.29, 1.82) is 0 Å². The summed E-state index contributed by atoms with van der Waals surface area (Å²) >= 11 is 0. The van der Waals surface area contributed by atoms with Crippen molar-refractivity contribution >= 4 is 11.7 Å². The van der Waals surface area contributed by atoms with Crippen molar-refractivity contribution in [2.75, 3.05) is 5.32 Å². The topological polar surface area (TPSA) is 49.3 Å². The molecule has 80 valence electrons. The first-order valence-corrected chi connectivity index (χ1v) is 4.98. The van der Waals surface area contributed by atoms with Gasteiger partial charge in [0.25, 0.3) is 0 Å². The average Bonchev–Trinajstić information content (AvgIpc) is 2.20. The van der Waals surface area contributed by atoms with Crippen LogP contribution in [0.4, 0.5) is 5.69 Å². The molecule has 15 heavy (non-hydrogen) atoms. The number of hydrogen-bond acceptors (Lipinski definition) is 2. The van der Waals surface area contributed by atoms with Gasteiger partial charge in [0.2, 0.25) is 0 Å². The van der Waals surface area contributed by atoms with E-state index in [-0.39, 0.29) is 0 Å². The highest BCUT2D eigenvalue weighted by molar-refractivity contribution is 5.80. The molecule has 1 aromatic rings. The van der Waals surface area contributed by atoms with Gasteiger partial charge in [-0.25, -0.2) is 4.79 Å². The summed E-state index contributed by atoms with van der Waals surface area (Å²) in [6.45, 7) is 2.11. The Kier molecular flexibility index (Phi) is 4.41. The van der Waals surface area contributed by atoms with Gasteiger partial charge in [-0.15, -0.1) is 0 Å². The number of carboxylic acids is 1. The van der Waals surface area contributed by atoms with Gasteiger partial charge in [-0.1, -0.05) is 31.5 Å². The van der Waals surface area contributed by atoms with Crippen molar-refractivity contribution in [3.63, 3.8) is 0 Å². The molecule has 0 fully saturated rings. The van der Waals surface area contributed by atoms with E-state index in [9.17, 15) is 4.79 Å². The van der Waals surface area contributed by atoms with Gasteiger partial charge in [-0.05, 0) is 18.1 Å². The monoisotopic (exact) mass is 205 g/mol. The molecule has 1 aromatic carbocycles. The van der Waals surface area contributed by atoms with Gasteiger partial charge in [0.1, 0.15) is 0 Å². The van der Waals surface area contributed by atoms with Gasteiger partial charge in [0, 0.05) is 18.0 Å². The molecule has 0 aliphatic carbocycles. The molecule has 2 N–H and O–H groups in total. The molecule has 0 saturated carbocycles. The molecular formula is C12H15NO2. The number of anilines is 1. The van der Waals surface area contributed by atoms with Crippen LogP contribution in [0.3, 0.4) is 0 Å². The number of carbonyl (C=O) groups is 1. The summed E-state index contributed by atoms with van der Waals surface area (Å²) in [4.78, 5) is 10.3. The molecule has 0 aliphatic heterocycles. The third-order valence-electron chi connectivity index (χ3n) is 2.00. The number of nitrogens with one attached hydrogen (secondary N) is 1. The van der Waals surface area contributed by atoms with Crippen LogP contribution in [0.1, 0.15) is 18.9 Å². The quantitative estimate of drug-likeness (QED) is 0.726. The van der Waals surface area contributed by atoms with Crippen LogP contribution < -0.4 is 5.32 Å². The molecule has 3 heteroatoms. The summed E-state index contributed by atoms with van der Waals surface area (Å²) < 4.78 is 0. The maximum absolute atomic E-state index is 10.3. The number of hydrogen-bond donors (Lipinski definition) is 2. The Hall–Kier alpha value is -1.77. The lowest BCUT2D eigenvalue weighted by Gasteiger charge is -2.07. The van der Waals surface area contributed by atoms with Gasteiger partial charge in [-0.2, -0.15) is 0 Å². The van der Waals surface area contributed by atoms with Gasteiger partial charge in [-0.3, -0.25) is 0 Å². The van der Waals surface area contributed by atoms with E-state index in [1.807, 2.05) is 24.3 Å². The molecule has 0 radical (unpaired) electrons. The van der Waals surface area contributed by atoms with E-state index in [4.69, 9.17) is 5.11 Å². The van der Waals surface area contributed by atoms with E-state index in [1.165, 1.54) is 11.8 Å². The van der Waals surface area contributed by atoms with Crippen LogP contribution in [0.5, 0.6) is 0 Å². The maximum atomic E-state index is 10.3. The fourth-order valence-corrected chi connectivity index (χ4v) is 1.35. The van der Waals surface area contributed by atoms with E-state index >= 15 is 0 Å². The molecule has 0 atom stereocenters. The van der Waals surface area contributed by atoms with Gasteiger partial charge >= 0.3 is 5.97 Å². The Morgan fingerprint density at radius 3 is 2.87 bits per heavy atom. The summed E-state index contributed by atoms with van der Waals surface area (Å²) in [6.07, 6.45) is 4.59. The zero-order valence-corrected chi connectivity index (χ0v) is 8.73. The van der Waals surface area contributed by atoms with Crippen LogP contribution >= 0.6 is 0 Å². The van der Waals surface area contributed by atoms with Crippen molar-refractivity contribution in [1.82, 2.24) is 0 Å². The Bertz CT molecular complexity index is 358. The average molecular weight is 205 g/mol. The smallest absolute Gasteiger partial charge is 0.329 e. The van der Waals surface area contributed by atoms with Crippen molar-refractivity contribution in [2.45, 2.75) is 19.8 Å². The molecule has 0 heterocycles. The van der Waals surface area contributed by atoms with E-state index in [1.54, 1.807) is 0 Å². The molecule has 3 nitrogen and oxygen atoms in total. The van der Waals surface area contributed by atoms with E-state index in [0.717, 1.165) is 24.6 Å². The van der Waals surface area contributed by atoms with Crippen LogP contribution in [0, 0.1) is 0 Å². The number of para-hydroxylation sites is 1. The van der Waals surface area contributed by atoms with Crippen molar-refractivity contribution in [3.05, 3.63) is 42.1 Å². The second kappa shape index (κ2) is 5.86. The second-order valence-corrected chi connectivity index (χ2v) is 3.22. The number of aliphatic carboxylic acids is 1. The maximum Gasteiger partial charge on any atom is 0.329 e. The lowest BCUT2D eigenvalue weighted by Crippen LogP contribution is -1.96. The van der Waals surface area contributed by atoms with E-state index in [2.05, 4.69) is 12.2 Å². The second-order valence-electron chi connectivity index (χ2n) is 3.22. The van der Waals surface area contributed by atoms with Crippen LogP contribution in [0.15, 0.2) is 36.5 Å². The molecule has 0 unspecified atom stereocenters. The normalized spacial score (nSPS) is 10.5. The molecule has 0 amide bonds. The molecule has 0 aliphatic rings. The minimum atomic E-state index is -0.949. The Labute approximate surface area is 89.4 Å². The lowest BCUT2D eigenvalue weighted by atomic mass is 10.1. The van der Waals surface area contributed by atoms with Crippen LogP contribution in [-0.2, 0) is 11.2 Å². The largest absolute Gasteiger partial charge is 0.478 e. The van der Waals surface area contributed by atoms with Gasteiger partial charge < -0.3 is 10.4 Å². The predicted octanol–water partition coefficient (Wildman–Crippen LogP) is 2.65. The molecule has 0 bridgehead atoms. The van der Waals surface area contributed by atoms with Crippen molar-refractivity contribution < 1.29 is 9.90 Å². The highest BCUT2D eigenvalue weighted by atomic mass is 16.4. The first-order valence-electron chi connectivity index (χ1n) is 4.98.